The molecule has 8 aromatic rings. The van der Waals surface area contributed by atoms with Gasteiger partial charge in [-0.3, -0.25) is 10.3 Å². The van der Waals surface area contributed by atoms with Crippen LogP contribution in [0.1, 0.15) is 51.8 Å². The van der Waals surface area contributed by atoms with Crippen molar-refractivity contribution in [2.75, 3.05) is 0 Å². The summed E-state index contributed by atoms with van der Waals surface area (Å²) in [7, 11) is 0. The van der Waals surface area contributed by atoms with E-state index in [0.717, 1.165) is 66.6 Å². The number of nitrogens with two attached hydrogens (primary N) is 1. The Kier molecular flexibility index (Phi) is 7.27. The number of pyridine rings is 1. The molecule has 0 bridgehead atoms. The highest BCUT2D eigenvalue weighted by Gasteiger charge is 2.29. The number of amidine groups is 1. The fourth-order valence-electron chi connectivity index (χ4n) is 8.07. The lowest BCUT2D eigenvalue weighted by Crippen LogP contribution is -2.45. The summed E-state index contributed by atoms with van der Waals surface area (Å²) in [5.74, 6) is 0.854. The Morgan fingerprint density at radius 1 is 0.538 bits per heavy atom. The minimum absolute atomic E-state index is 0.160. The SMILES string of the molecule is N[C@H]1C=C(c2cc(-c3ccnc4ccccc34)cc(C3NC(c4cccc5ccccc45)=NC(c4cccc5ccccc45)N3)c2)c2ccccc21. The average molecular weight is 670 g/mol. The second kappa shape index (κ2) is 12.4. The Hall–Kier alpha value is -6.40. The van der Waals surface area contributed by atoms with E-state index < -0.39 is 0 Å². The molecular weight excluding hydrogens is 635 g/mol. The first kappa shape index (κ1) is 30.4. The predicted octanol–water partition coefficient (Wildman–Crippen LogP) is 9.99. The molecule has 1 aliphatic carbocycles. The largest absolute Gasteiger partial charge is 0.350 e. The summed E-state index contributed by atoms with van der Waals surface area (Å²) >= 11 is 0. The molecule has 4 N–H and O–H groups in total. The third-order valence-electron chi connectivity index (χ3n) is 10.5. The van der Waals surface area contributed by atoms with Crippen LogP contribution < -0.4 is 16.4 Å². The van der Waals surface area contributed by atoms with E-state index in [1.807, 2.05) is 12.3 Å². The van der Waals surface area contributed by atoms with Gasteiger partial charge in [0.2, 0.25) is 0 Å². The molecule has 2 aliphatic rings. The molecule has 0 fully saturated rings. The van der Waals surface area contributed by atoms with Gasteiger partial charge in [-0.1, -0.05) is 133 Å². The third-order valence-corrected chi connectivity index (χ3v) is 10.5. The lowest BCUT2D eigenvalue weighted by Gasteiger charge is -2.33. The van der Waals surface area contributed by atoms with Crippen LogP contribution in [0.2, 0.25) is 0 Å². The molecular formula is C47H35N5. The summed E-state index contributed by atoms with van der Waals surface area (Å²) < 4.78 is 0. The van der Waals surface area contributed by atoms with Gasteiger partial charge >= 0.3 is 0 Å². The minimum atomic E-state index is -0.306. The molecule has 0 amide bonds. The van der Waals surface area contributed by atoms with Gasteiger partial charge in [-0.2, -0.15) is 0 Å². The van der Waals surface area contributed by atoms with Gasteiger partial charge in [-0.15, -0.1) is 0 Å². The van der Waals surface area contributed by atoms with Crippen molar-refractivity contribution in [3.8, 4) is 11.1 Å². The van der Waals surface area contributed by atoms with E-state index in [1.165, 1.54) is 21.7 Å². The van der Waals surface area contributed by atoms with Crippen LogP contribution >= 0.6 is 0 Å². The van der Waals surface area contributed by atoms with Gasteiger partial charge in [0.1, 0.15) is 18.2 Å². The monoisotopic (exact) mass is 669 g/mol. The van der Waals surface area contributed by atoms with E-state index in [-0.39, 0.29) is 18.4 Å². The van der Waals surface area contributed by atoms with Gasteiger partial charge < -0.3 is 11.1 Å². The van der Waals surface area contributed by atoms with Gasteiger partial charge in [0.15, 0.2) is 0 Å². The number of fused-ring (bicyclic) bond motifs is 4. The van der Waals surface area contributed by atoms with Gasteiger partial charge in [0.05, 0.1) is 5.52 Å². The molecule has 52 heavy (non-hydrogen) atoms. The van der Waals surface area contributed by atoms with Crippen molar-refractivity contribution in [3.63, 3.8) is 0 Å². The first-order chi connectivity index (χ1) is 25.7. The summed E-state index contributed by atoms with van der Waals surface area (Å²) in [6, 6.07) is 55.7. The van der Waals surface area contributed by atoms with Crippen LogP contribution in [0.3, 0.4) is 0 Å². The summed E-state index contributed by atoms with van der Waals surface area (Å²) in [6.45, 7) is 0. The van der Waals surface area contributed by atoms with E-state index in [1.54, 1.807) is 0 Å². The average Bonchev–Trinajstić information content (AvgIpc) is 3.56. The maximum atomic E-state index is 6.71. The molecule has 0 spiro atoms. The van der Waals surface area contributed by atoms with E-state index in [9.17, 15) is 0 Å². The number of aromatic nitrogens is 1. The predicted molar refractivity (Wildman–Crippen MR) is 214 cm³/mol. The lowest BCUT2D eigenvalue weighted by molar-refractivity contribution is 0.411. The van der Waals surface area contributed by atoms with Crippen molar-refractivity contribution in [3.05, 3.63) is 203 Å². The molecule has 5 heteroatoms. The zero-order valence-electron chi connectivity index (χ0n) is 28.4. The molecule has 2 heterocycles. The Bertz CT molecular complexity index is 2730. The fourth-order valence-corrected chi connectivity index (χ4v) is 8.07. The first-order valence-electron chi connectivity index (χ1n) is 17.8. The van der Waals surface area contributed by atoms with Gasteiger partial charge in [0, 0.05) is 23.2 Å². The Balaban J connectivity index is 1.18. The summed E-state index contributed by atoms with van der Waals surface area (Å²) in [5, 5.41) is 13.6. The number of aliphatic imine (C=N–C) groups is 1. The molecule has 1 aromatic heterocycles. The Labute approximate surface area is 302 Å². The van der Waals surface area contributed by atoms with Gasteiger partial charge in [-0.05, 0) is 96.4 Å². The van der Waals surface area contributed by atoms with E-state index in [2.05, 4.69) is 173 Å². The fraction of sp³-hybridized carbons (Fsp3) is 0.0638. The molecule has 1 aliphatic heterocycles. The molecule has 5 nitrogen and oxygen atoms in total. The molecule has 7 aromatic carbocycles. The third kappa shape index (κ3) is 5.18. The number of hydrogen-bond acceptors (Lipinski definition) is 5. The smallest absolute Gasteiger partial charge is 0.132 e. The molecule has 0 saturated carbocycles. The van der Waals surface area contributed by atoms with E-state index >= 15 is 0 Å². The number of rotatable bonds is 5. The Morgan fingerprint density at radius 2 is 1.19 bits per heavy atom. The quantitative estimate of drug-likeness (QED) is 0.171. The summed E-state index contributed by atoms with van der Waals surface area (Å²) in [5.41, 5.74) is 17.8. The van der Waals surface area contributed by atoms with Crippen molar-refractivity contribution < 1.29 is 0 Å². The normalized spacial score (nSPS) is 18.2. The number of para-hydroxylation sites is 1. The van der Waals surface area contributed by atoms with Crippen molar-refractivity contribution >= 4 is 43.9 Å². The molecule has 0 saturated heterocycles. The number of nitrogens with one attached hydrogen (secondary N) is 2. The topological polar surface area (TPSA) is 75.3 Å². The number of benzene rings is 7. The van der Waals surface area contributed by atoms with Crippen LogP contribution in [0.5, 0.6) is 0 Å². The van der Waals surface area contributed by atoms with Crippen molar-refractivity contribution in [2.24, 2.45) is 10.7 Å². The van der Waals surface area contributed by atoms with Crippen LogP contribution in [-0.2, 0) is 0 Å². The molecule has 0 radical (unpaired) electrons. The standard InChI is InChI=1S/C47H35N5/c48-43-28-42(37-17-5-6-18-38(37)43)32-25-31(36-23-24-49-44-22-8-7-19-39(36)44)26-33(27-32)45-50-46(40-20-9-13-29-11-1-3-15-34(29)40)52-47(51-45)41-21-10-14-30-12-2-4-16-35(30)41/h1-28,43,45-46,50H,48H2,(H,51,52)/t43-,45?,46?/m0/s1. The van der Waals surface area contributed by atoms with Crippen LogP contribution in [0.4, 0.5) is 0 Å². The summed E-state index contributed by atoms with van der Waals surface area (Å²) in [6.07, 6.45) is 3.53. The molecule has 248 valence electrons. The van der Waals surface area contributed by atoms with E-state index in [4.69, 9.17) is 10.7 Å². The zero-order chi connectivity index (χ0) is 34.6. The first-order valence-corrected chi connectivity index (χ1v) is 17.8. The molecule has 3 atom stereocenters. The zero-order valence-corrected chi connectivity index (χ0v) is 28.4. The molecule has 10 rings (SSSR count). The second-order valence-electron chi connectivity index (χ2n) is 13.6. The van der Waals surface area contributed by atoms with Crippen LogP contribution in [0.15, 0.2) is 175 Å². The van der Waals surface area contributed by atoms with Crippen molar-refractivity contribution in [1.29, 1.82) is 0 Å². The van der Waals surface area contributed by atoms with Crippen molar-refractivity contribution in [2.45, 2.75) is 18.4 Å². The summed E-state index contributed by atoms with van der Waals surface area (Å²) in [4.78, 5) is 10.1. The highest BCUT2D eigenvalue weighted by molar-refractivity contribution is 6.10. The maximum Gasteiger partial charge on any atom is 0.132 e. The minimum Gasteiger partial charge on any atom is -0.350 e. The Morgan fingerprint density at radius 3 is 2.08 bits per heavy atom. The van der Waals surface area contributed by atoms with Gasteiger partial charge in [-0.25, -0.2) is 4.99 Å². The van der Waals surface area contributed by atoms with E-state index in [0.29, 0.717) is 0 Å². The number of nitrogens with zero attached hydrogens (tertiary/aromatic N) is 2. The van der Waals surface area contributed by atoms with Crippen LogP contribution in [0, 0.1) is 0 Å². The second-order valence-corrected chi connectivity index (χ2v) is 13.6. The van der Waals surface area contributed by atoms with Crippen LogP contribution in [0.25, 0.3) is 49.1 Å². The van der Waals surface area contributed by atoms with Crippen LogP contribution in [-0.4, -0.2) is 10.8 Å². The maximum absolute atomic E-state index is 6.71. The van der Waals surface area contributed by atoms with Gasteiger partial charge in [0.25, 0.3) is 0 Å². The lowest BCUT2D eigenvalue weighted by atomic mass is 9.91. The highest BCUT2D eigenvalue weighted by atomic mass is 15.3. The molecule has 2 unspecified atom stereocenters. The highest BCUT2D eigenvalue weighted by Crippen LogP contribution is 2.41. The van der Waals surface area contributed by atoms with Crippen molar-refractivity contribution in [1.82, 2.24) is 15.6 Å². The number of hydrogen-bond donors (Lipinski definition) is 3.